The lowest BCUT2D eigenvalue weighted by atomic mass is 10.1. The fourth-order valence-corrected chi connectivity index (χ4v) is 1.81. The Bertz CT molecular complexity index is 540. The van der Waals surface area contributed by atoms with Gasteiger partial charge in [-0.05, 0) is 0 Å². The van der Waals surface area contributed by atoms with Gasteiger partial charge in [-0.2, -0.15) is 0 Å². The second kappa shape index (κ2) is 5.04. The zero-order chi connectivity index (χ0) is 12.4. The van der Waals surface area contributed by atoms with E-state index in [0.717, 1.165) is 12.2 Å². The molecule has 4 nitrogen and oxygen atoms in total. The highest BCUT2D eigenvalue weighted by atomic mass is 35.5. The Labute approximate surface area is 108 Å². The lowest BCUT2D eigenvalue weighted by Crippen LogP contribution is -1.94. The van der Waals surface area contributed by atoms with Crippen molar-refractivity contribution in [3.05, 3.63) is 33.9 Å². The van der Waals surface area contributed by atoms with E-state index in [1.54, 1.807) is 6.20 Å². The Morgan fingerprint density at radius 1 is 1.29 bits per heavy atom. The minimum atomic E-state index is -0.250. The Morgan fingerprint density at radius 2 is 2.06 bits per heavy atom. The predicted octanol–water partition coefficient (Wildman–Crippen LogP) is 3.10. The summed E-state index contributed by atoms with van der Waals surface area (Å²) in [6.07, 6.45) is 3.88. The van der Waals surface area contributed by atoms with Crippen molar-refractivity contribution in [1.29, 1.82) is 0 Å². The zero-order valence-electron chi connectivity index (χ0n) is 9.07. The van der Waals surface area contributed by atoms with Gasteiger partial charge in [0.15, 0.2) is 0 Å². The number of aliphatic hydroxyl groups is 1. The van der Waals surface area contributed by atoms with Crippen LogP contribution in [0.15, 0.2) is 16.8 Å². The molecule has 2 heterocycles. The fraction of sp³-hybridized carbons (Fsp3) is 0.273. The zero-order valence-corrected chi connectivity index (χ0v) is 10.6. The molecule has 0 spiro atoms. The molecule has 2 aromatic rings. The molecule has 6 heteroatoms. The SMILES string of the molecule is CCc1cnc(-c2cnc(Cl)c(Cl)c2CO)o1. The summed E-state index contributed by atoms with van der Waals surface area (Å²) in [4.78, 5) is 8.04. The summed E-state index contributed by atoms with van der Waals surface area (Å²) in [6, 6.07) is 0. The molecule has 90 valence electrons. The van der Waals surface area contributed by atoms with Gasteiger partial charge in [0.2, 0.25) is 5.89 Å². The third kappa shape index (κ3) is 2.29. The molecule has 0 radical (unpaired) electrons. The molecular weight excluding hydrogens is 263 g/mol. The third-order valence-electron chi connectivity index (χ3n) is 2.37. The van der Waals surface area contributed by atoms with E-state index in [0.29, 0.717) is 17.0 Å². The molecule has 0 aromatic carbocycles. The molecule has 0 aliphatic carbocycles. The molecule has 17 heavy (non-hydrogen) atoms. The summed E-state index contributed by atoms with van der Waals surface area (Å²) >= 11 is 11.7. The van der Waals surface area contributed by atoms with Gasteiger partial charge in [-0.25, -0.2) is 9.97 Å². The number of hydrogen-bond acceptors (Lipinski definition) is 4. The highest BCUT2D eigenvalue weighted by Crippen LogP contribution is 2.32. The molecule has 1 N–H and O–H groups in total. The minimum Gasteiger partial charge on any atom is -0.441 e. The van der Waals surface area contributed by atoms with Gasteiger partial charge >= 0.3 is 0 Å². The largest absolute Gasteiger partial charge is 0.441 e. The number of halogens is 2. The number of aromatic nitrogens is 2. The van der Waals surface area contributed by atoms with E-state index in [9.17, 15) is 5.11 Å². The van der Waals surface area contributed by atoms with E-state index in [1.807, 2.05) is 6.92 Å². The lowest BCUT2D eigenvalue weighted by Gasteiger charge is -2.06. The molecule has 0 bridgehead atoms. The Kier molecular flexibility index (Phi) is 3.66. The highest BCUT2D eigenvalue weighted by Gasteiger charge is 2.16. The first kappa shape index (κ1) is 12.4. The van der Waals surface area contributed by atoms with E-state index in [-0.39, 0.29) is 16.8 Å². The molecular formula is C11H10Cl2N2O2. The van der Waals surface area contributed by atoms with Gasteiger partial charge in [0.1, 0.15) is 10.9 Å². The van der Waals surface area contributed by atoms with Crippen LogP contribution in [0.4, 0.5) is 0 Å². The van der Waals surface area contributed by atoms with E-state index in [2.05, 4.69) is 9.97 Å². The minimum absolute atomic E-state index is 0.154. The Morgan fingerprint density at radius 3 is 2.65 bits per heavy atom. The van der Waals surface area contributed by atoms with Crippen molar-refractivity contribution in [2.45, 2.75) is 20.0 Å². The van der Waals surface area contributed by atoms with Crippen molar-refractivity contribution in [3.63, 3.8) is 0 Å². The second-order valence-corrected chi connectivity index (χ2v) is 4.13. The average Bonchev–Trinajstić information content (AvgIpc) is 2.81. The fourth-order valence-electron chi connectivity index (χ4n) is 1.43. The van der Waals surface area contributed by atoms with Gasteiger partial charge in [-0.15, -0.1) is 0 Å². The van der Waals surface area contributed by atoms with Gasteiger partial charge in [0.25, 0.3) is 0 Å². The standard InChI is InChI=1S/C11H10Cl2N2O2/c1-2-6-3-15-11(17-6)7-4-14-10(13)9(12)8(7)5-16/h3-4,16H,2,5H2,1H3. The second-order valence-electron chi connectivity index (χ2n) is 3.40. The summed E-state index contributed by atoms with van der Waals surface area (Å²) in [6.45, 7) is 1.71. The first-order chi connectivity index (χ1) is 8.17. The van der Waals surface area contributed by atoms with E-state index in [4.69, 9.17) is 27.6 Å². The maximum absolute atomic E-state index is 9.31. The van der Waals surface area contributed by atoms with Gasteiger partial charge in [-0.3, -0.25) is 0 Å². The van der Waals surface area contributed by atoms with Crippen LogP contribution in [0.1, 0.15) is 18.2 Å². The molecule has 0 unspecified atom stereocenters. The molecule has 2 aromatic heterocycles. The van der Waals surface area contributed by atoms with Gasteiger partial charge < -0.3 is 9.52 Å². The highest BCUT2D eigenvalue weighted by molar-refractivity contribution is 6.41. The van der Waals surface area contributed by atoms with Crippen LogP contribution in [-0.2, 0) is 13.0 Å². The summed E-state index contributed by atoms with van der Waals surface area (Å²) in [5.74, 6) is 1.15. The number of rotatable bonds is 3. The van der Waals surface area contributed by atoms with Crippen molar-refractivity contribution < 1.29 is 9.52 Å². The lowest BCUT2D eigenvalue weighted by molar-refractivity contribution is 0.282. The topological polar surface area (TPSA) is 59.2 Å². The average molecular weight is 273 g/mol. The van der Waals surface area contributed by atoms with Crippen LogP contribution in [0.5, 0.6) is 0 Å². The number of nitrogens with zero attached hydrogens (tertiary/aromatic N) is 2. The van der Waals surface area contributed by atoms with Crippen molar-refractivity contribution in [3.8, 4) is 11.5 Å². The molecule has 0 fully saturated rings. The molecule has 0 saturated heterocycles. The van der Waals surface area contributed by atoms with Crippen LogP contribution in [0.2, 0.25) is 10.2 Å². The molecule has 0 amide bonds. The molecule has 0 saturated carbocycles. The van der Waals surface area contributed by atoms with E-state index >= 15 is 0 Å². The normalized spacial score (nSPS) is 10.8. The van der Waals surface area contributed by atoms with Gasteiger partial charge in [0, 0.05) is 18.2 Å². The van der Waals surface area contributed by atoms with Gasteiger partial charge in [-0.1, -0.05) is 30.1 Å². The number of aryl methyl sites for hydroxylation is 1. The summed E-state index contributed by atoms with van der Waals surface area (Å²) in [7, 11) is 0. The van der Waals surface area contributed by atoms with Crippen molar-refractivity contribution in [2.24, 2.45) is 0 Å². The van der Waals surface area contributed by atoms with Crippen LogP contribution in [0.3, 0.4) is 0 Å². The summed E-state index contributed by atoms with van der Waals surface area (Å²) in [5.41, 5.74) is 1.03. The maximum Gasteiger partial charge on any atom is 0.228 e. The van der Waals surface area contributed by atoms with Crippen LogP contribution in [-0.4, -0.2) is 15.1 Å². The van der Waals surface area contributed by atoms with Crippen LogP contribution in [0, 0.1) is 0 Å². The van der Waals surface area contributed by atoms with Crippen LogP contribution < -0.4 is 0 Å². The van der Waals surface area contributed by atoms with Crippen molar-refractivity contribution in [2.75, 3.05) is 0 Å². The van der Waals surface area contributed by atoms with E-state index < -0.39 is 0 Å². The van der Waals surface area contributed by atoms with E-state index in [1.165, 1.54) is 6.20 Å². The number of hydrogen-bond donors (Lipinski definition) is 1. The summed E-state index contributed by atoms with van der Waals surface area (Å²) < 4.78 is 5.49. The third-order valence-corrected chi connectivity index (χ3v) is 3.16. The first-order valence-electron chi connectivity index (χ1n) is 5.06. The molecule has 0 aliphatic heterocycles. The number of oxazole rings is 1. The van der Waals surface area contributed by atoms with Crippen LogP contribution >= 0.6 is 23.2 Å². The van der Waals surface area contributed by atoms with Crippen molar-refractivity contribution in [1.82, 2.24) is 9.97 Å². The molecule has 0 aliphatic rings. The predicted molar refractivity (Wildman–Crippen MR) is 65.1 cm³/mol. The number of pyridine rings is 1. The number of aliphatic hydroxyl groups excluding tert-OH is 1. The maximum atomic E-state index is 9.31. The van der Waals surface area contributed by atoms with Crippen LogP contribution in [0.25, 0.3) is 11.5 Å². The quantitative estimate of drug-likeness (QED) is 0.873. The van der Waals surface area contributed by atoms with Crippen molar-refractivity contribution >= 4 is 23.2 Å². The monoisotopic (exact) mass is 272 g/mol. The Balaban J connectivity index is 2.55. The van der Waals surface area contributed by atoms with Gasteiger partial charge in [0.05, 0.1) is 23.4 Å². The summed E-state index contributed by atoms with van der Waals surface area (Å²) in [5, 5.41) is 9.69. The molecule has 2 rings (SSSR count). The molecule has 0 atom stereocenters. The smallest absolute Gasteiger partial charge is 0.228 e. The Hall–Kier alpha value is -1.10. The first-order valence-corrected chi connectivity index (χ1v) is 5.81.